The molecule has 0 aliphatic heterocycles. The highest BCUT2D eigenvalue weighted by molar-refractivity contribution is 5.90. The van der Waals surface area contributed by atoms with Crippen molar-refractivity contribution in [2.24, 2.45) is 0 Å². The zero-order valence-corrected chi connectivity index (χ0v) is 9.29. The molecule has 2 amide bonds. The molecule has 0 bridgehead atoms. The molecule has 1 aromatic carbocycles. The Morgan fingerprint density at radius 3 is 2.88 bits per heavy atom. The summed E-state index contributed by atoms with van der Waals surface area (Å²) in [6.45, 7) is 1.74. The van der Waals surface area contributed by atoms with Crippen LogP contribution in [0.3, 0.4) is 0 Å². The second kappa shape index (κ2) is 5.79. The summed E-state index contributed by atoms with van der Waals surface area (Å²) in [5.41, 5.74) is 2.37. The van der Waals surface area contributed by atoms with Gasteiger partial charge in [-0.05, 0) is 24.6 Å². The molecule has 16 heavy (non-hydrogen) atoms. The summed E-state index contributed by atoms with van der Waals surface area (Å²) in [5, 5.41) is 13.8. The minimum atomic E-state index is -0.295. The summed E-state index contributed by atoms with van der Waals surface area (Å²) in [5.74, 6) is 5.35. The van der Waals surface area contributed by atoms with Crippen LogP contribution in [0, 0.1) is 18.8 Å². The van der Waals surface area contributed by atoms with Crippen molar-refractivity contribution in [2.45, 2.75) is 6.92 Å². The molecule has 0 radical (unpaired) electrons. The quantitative estimate of drug-likeness (QED) is 0.618. The van der Waals surface area contributed by atoms with Crippen molar-refractivity contribution in [1.82, 2.24) is 5.32 Å². The Bertz CT molecular complexity index is 444. The van der Waals surface area contributed by atoms with E-state index in [2.05, 4.69) is 22.5 Å². The van der Waals surface area contributed by atoms with Gasteiger partial charge in [0.2, 0.25) is 0 Å². The highest BCUT2D eigenvalue weighted by Crippen LogP contribution is 2.16. The molecule has 0 aliphatic carbocycles. The van der Waals surface area contributed by atoms with Crippen LogP contribution in [0.1, 0.15) is 11.1 Å². The fourth-order valence-corrected chi connectivity index (χ4v) is 1.19. The van der Waals surface area contributed by atoms with E-state index in [1.54, 1.807) is 13.1 Å². The van der Waals surface area contributed by atoms with E-state index in [1.165, 1.54) is 0 Å². The number of aliphatic hydroxyl groups is 1. The minimum absolute atomic E-state index is 0.201. The number of hydrogen-bond acceptors (Lipinski definition) is 2. The maximum atomic E-state index is 11.2. The van der Waals surface area contributed by atoms with Gasteiger partial charge in [-0.2, -0.15) is 0 Å². The van der Waals surface area contributed by atoms with E-state index in [4.69, 9.17) is 5.11 Å². The molecule has 0 atom stereocenters. The molecule has 0 spiro atoms. The van der Waals surface area contributed by atoms with Crippen LogP contribution in [0.5, 0.6) is 0 Å². The SMILES string of the molecule is CNC(=O)Nc1ccc(C)cc1C#CCO. The van der Waals surface area contributed by atoms with Crippen LogP contribution in [-0.4, -0.2) is 24.8 Å². The van der Waals surface area contributed by atoms with Crippen molar-refractivity contribution >= 4 is 11.7 Å². The van der Waals surface area contributed by atoms with Gasteiger partial charge in [-0.15, -0.1) is 0 Å². The van der Waals surface area contributed by atoms with Crippen molar-refractivity contribution in [3.05, 3.63) is 29.3 Å². The number of aryl methyl sites for hydroxylation is 1. The molecule has 4 heteroatoms. The summed E-state index contributed by atoms with van der Waals surface area (Å²) in [6.07, 6.45) is 0. The molecule has 0 unspecified atom stereocenters. The second-order valence-corrected chi connectivity index (χ2v) is 3.21. The predicted molar refractivity (Wildman–Crippen MR) is 63.2 cm³/mol. The van der Waals surface area contributed by atoms with Gasteiger partial charge in [0, 0.05) is 12.6 Å². The van der Waals surface area contributed by atoms with Crippen LogP contribution in [-0.2, 0) is 0 Å². The average molecular weight is 218 g/mol. The number of rotatable bonds is 1. The van der Waals surface area contributed by atoms with Gasteiger partial charge in [0.05, 0.1) is 5.69 Å². The number of nitrogens with one attached hydrogen (secondary N) is 2. The largest absolute Gasteiger partial charge is 0.384 e. The van der Waals surface area contributed by atoms with Crippen LogP contribution >= 0.6 is 0 Å². The molecule has 0 aromatic heterocycles. The first-order valence-corrected chi connectivity index (χ1v) is 4.86. The van der Waals surface area contributed by atoms with Crippen molar-refractivity contribution in [1.29, 1.82) is 0 Å². The molecule has 4 nitrogen and oxygen atoms in total. The molecule has 1 aromatic rings. The number of aliphatic hydroxyl groups excluding tert-OH is 1. The average Bonchev–Trinajstić information content (AvgIpc) is 2.29. The summed E-state index contributed by atoms with van der Waals surface area (Å²) in [6, 6.07) is 5.23. The van der Waals surface area contributed by atoms with E-state index >= 15 is 0 Å². The van der Waals surface area contributed by atoms with E-state index < -0.39 is 0 Å². The molecule has 3 N–H and O–H groups in total. The zero-order chi connectivity index (χ0) is 12.0. The second-order valence-electron chi connectivity index (χ2n) is 3.21. The topological polar surface area (TPSA) is 61.4 Å². The van der Waals surface area contributed by atoms with Gasteiger partial charge in [-0.1, -0.05) is 17.9 Å². The first-order valence-electron chi connectivity index (χ1n) is 4.86. The first kappa shape index (κ1) is 12.1. The van der Waals surface area contributed by atoms with Crippen molar-refractivity contribution in [3.8, 4) is 11.8 Å². The Balaban J connectivity index is 3.02. The number of amides is 2. The third-order valence-corrected chi connectivity index (χ3v) is 1.95. The lowest BCUT2D eigenvalue weighted by Gasteiger charge is -2.07. The third kappa shape index (κ3) is 3.30. The van der Waals surface area contributed by atoms with Crippen molar-refractivity contribution in [3.63, 3.8) is 0 Å². The highest BCUT2D eigenvalue weighted by atomic mass is 16.2. The van der Waals surface area contributed by atoms with Crippen molar-refractivity contribution < 1.29 is 9.90 Å². The maximum Gasteiger partial charge on any atom is 0.319 e. The van der Waals surface area contributed by atoms with E-state index in [1.807, 2.05) is 19.1 Å². The molecule has 0 fully saturated rings. The molecule has 0 saturated heterocycles. The monoisotopic (exact) mass is 218 g/mol. The van der Waals surface area contributed by atoms with Gasteiger partial charge in [0.15, 0.2) is 0 Å². The number of benzene rings is 1. The van der Waals surface area contributed by atoms with Crippen LogP contribution in [0.2, 0.25) is 0 Å². The Morgan fingerprint density at radius 2 is 2.25 bits per heavy atom. The molecular formula is C12H14N2O2. The third-order valence-electron chi connectivity index (χ3n) is 1.95. The van der Waals surface area contributed by atoms with Gasteiger partial charge in [-0.3, -0.25) is 0 Å². The van der Waals surface area contributed by atoms with Gasteiger partial charge < -0.3 is 15.7 Å². The Morgan fingerprint density at radius 1 is 1.50 bits per heavy atom. The summed E-state index contributed by atoms with van der Waals surface area (Å²) in [4.78, 5) is 11.2. The standard InChI is InChI=1S/C12H14N2O2/c1-9-5-6-11(14-12(16)13-2)10(8-9)4-3-7-15/h5-6,8,15H,7H2,1-2H3,(H2,13,14,16). The molecule has 0 saturated carbocycles. The number of anilines is 1. The molecule has 84 valence electrons. The van der Waals surface area contributed by atoms with Gasteiger partial charge >= 0.3 is 6.03 Å². The summed E-state index contributed by atoms with van der Waals surface area (Å²) in [7, 11) is 1.54. The summed E-state index contributed by atoms with van der Waals surface area (Å²) >= 11 is 0. The molecular weight excluding hydrogens is 204 g/mol. The van der Waals surface area contributed by atoms with Crippen LogP contribution in [0.15, 0.2) is 18.2 Å². The van der Waals surface area contributed by atoms with Gasteiger partial charge in [0.1, 0.15) is 6.61 Å². The predicted octanol–water partition coefficient (Wildman–Crippen LogP) is 1.09. The van der Waals surface area contributed by atoms with Crippen LogP contribution in [0.25, 0.3) is 0 Å². The Kier molecular flexibility index (Phi) is 4.37. The first-order chi connectivity index (χ1) is 7.67. The molecule has 0 aliphatic rings. The lowest BCUT2D eigenvalue weighted by atomic mass is 10.1. The Hall–Kier alpha value is -1.99. The fourth-order valence-electron chi connectivity index (χ4n) is 1.19. The maximum absolute atomic E-state index is 11.2. The minimum Gasteiger partial charge on any atom is -0.384 e. The van der Waals surface area contributed by atoms with Crippen LogP contribution in [0.4, 0.5) is 10.5 Å². The zero-order valence-electron chi connectivity index (χ0n) is 9.29. The molecule has 0 heterocycles. The smallest absolute Gasteiger partial charge is 0.319 e. The fraction of sp³-hybridized carbons (Fsp3) is 0.250. The number of carbonyl (C=O) groups excluding carboxylic acids is 1. The Labute approximate surface area is 94.7 Å². The lowest BCUT2D eigenvalue weighted by molar-refractivity contribution is 0.254. The van der Waals surface area contributed by atoms with Gasteiger partial charge in [-0.25, -0.2) is 4.79 Å². The number of carbonyl (C=O) groups is 1. The lowest BCUT2D eigenvalue weighted by Crippen LogP contribution is -2.24. The summed E-state index contributed by atoms with van der Waals surface area (Å²) < 4.78 is 0. The van der Waals surface area contributed by atoms with Crippen molar-refractivity contribution in [2.75, 3.05) is 19.0 Å². The highest BCUT2D eigenvalue weighted by Gasteiger charge is 2.03. The normalized spacial score (nSPS) is 8.94. The number of hydrogen-bond donors (Lipinski definition) is 3. The van der Waals surface area contributed by atoms with E-state index in [0.717, 1.165) is 5.56 Å². The van der Waals surface area contributed by atoms with Gasteiger partial charge in [0.25, 0.3) is 0 Å². The number of urea groups is 1. The van der Waals surface area contributed by atoms with E-state index in [0.29, 0.717) is 11.3 Å². The van der Waals surface area contributed by atoms with Crippen LogP contribution < -0.4 is 10.6 Å². The van der Waals surface area contributed by atoms with E-state index in [-0.39, 0.29) is 12.6 Å². The van der Waals surface area contributed by atoms with E-state index in [9.17, 15) is 4.79 Å². The molecule has 1 rings (SSSR count).